The van der Waals surface area contributed by atoms with Crippen LogP contribution in [0.2, 0.25) is 0 Å². The predicted octanol–water partition coefficient (Wildman–Crippen LogP) is 2.31. The van der Waals surface area contributed by atoms with Gasteiger partial charge in [-0.25, -0.2) is 0 Å². The van der Waals surface area contributed by atoms with Gasteiger partial charge in [0.25, 0.3) is 5.91 Å². The lowest BCUT2D eigenvalue weighted by molar-refractivity contribution is 0.0951. The number of fused-ring (bicyclic) bond motifs is 1. The van der Waals surface area contributed by atoms with Gasteiger partial charge in [-0.05, 0) is 13.0 Å². The standard InChI is InChI=1S/C12H12N2OS2/c1-7(11(13)16)14-12(15)9-6-17-10-5-3-2-4-8(9)10/h2-7H,1H3,(H2,13,16)(H,14,15). The molecule has 0 aliphatic rings. The average molecular weight is 264 g/mol. The molecule has 0 fully saturated rings. The summed E-state index contributed by atoms with van der Waals surface area (Å²) in [5.41, 5.74) is 6.14. The Bertz CT molecular complexity index is 577. The first-order valence-electron chi connectivity index (χ1n) is 5.16. The third-order valence-electron chi connectivity index (χ3n) is 2.50. The first-order valence-corrected chi connectivity index (χ1v) is 6.45. The molecule has 1 aromatic carbocycles. The van der Waals surface area contributed by atoms with Crippen molar-refractivity contribution in [2.45, 2.75) is 13.0 Å². The van der Waals surface area contributed by atoms with Crippen molar-refractivity contribution >= 4 is 44.5 Å². The summed E-state index contributed by atoms with van der Waals surface area (Å²) in [7, 11) is 0. The topological polar surface area (TPSA) is 55.1 Å². The smallest absolute Gasteiger partial charge is 0.253 e. The lowest BCUT2D eigenvalue weighted by Crippen LogP contribution is -2.41. The summed E-state index contributed by atoms with van der Waals surface area (Å²) in [5, 5.41) is 5.59. The van der Waals surface area contributed by atoms with Gasteiger partial charge in [0, 0.05) is 15.5 Å². The number of carbonyl (C=O) groups excluding carboxylic acids is 1. The van der Waals surface area contributed by atoms with Gasteiger partial charge in [-0.3, -0.25) is 4.79 Å². The number of nitrogens with two attached hydrogens (primary N) is 1. The van der Waals surface area contributed by atoms with Crippen LogP contribution in [0.15, 0.2) is 29.6 Å². The highest BCUT2D eigenvalue weighted by Gasteiger charge is 2.15. The maximum atomic E-state index is 12.0. The van der Waals surface area contributed by atoms with Gasteiger partial charge in [0.2, 0.25) is 0 Å². The van der Waals surface area contributed by atoms with E-state index in [1.807, 2.05) is 29.6 Å². The molecule has 3 nitrogen and oxygen atoms in total. The molecule has 0 aliphatic heterocycles. The van der Waals surface area contributed by atoms with Crippen LogP contribution in [0.1, 0.15) is 17.3 Å². The summed E-state index contributed by atoms with van der Waals surface area (Å²) in [6.45, 7) is 1.77. The van der Waals surface area contributed by atoms with Crippen molar-refractivity contribution in [2.24, 2.45) is 5.73 Å². The summed E-state index contributed by atoms with van der Waals surface area (Å²) in [6, 6.07) is 7.51. The van der Waals surface area contributed by atoms with E-state index in [0.29, 0.717) is 5.56 Å². The second-order valence-corrected chi connectivity index (χ2v) is 5.13. The van der Waals surface area contributed by atoms with Crippen LogP contribution in [-0.2, 0) is 0 Å². The third kappa shape index (κ3) is 2.45. The molecule has 1 atom stereocenters. The predicted molar refractivity (Wildman–Crippen MR) is 75.5 cm³/mol. The van der Waals surface area contributed by atoms with Crippen LogP contribution in [0.4, 0.5) is 0 Å². The van der Waals surface area contributed by atoms with Gasteiger partial charge in [0.05, 0.1) is 16.6 Å². The number of rotatable bonds is 3. The molecule has 2 aromatic rings. The van der Waals surface area contributed by atoms with Gasteiger partial charge >= 0.3 is 0 Å². The molecule has 1 heterocycles. The van der Waals surface area contributed by atoms with Gasteiger partial charge < -0.3 is 11.1 Å². The van der Waals surface area contributed by atoms with Crippen LogP contribution in [0.3, 0.4) is 0 Å². The van der Waals surface area contributed by atoms with Crippen molar-refractivity contribution in [3.8, 4) is 0 Å². The van der Waals surface area contributed by atoms with E-state index in [0.717, 1.165) is 10.1 Å². The van der Waals surface area contributed by atoms with Crippen molar-refractivity contribution in [2.75, 3.05) is 0 Å². The number of hydrogen-bond donors (Lipinski definition) is 2. The van der Waals surface area contributed by atoms with E-state index in [4.69, 9.17) is 18.0 Å². The van der Waals surface area contributed by atoms with E-state index in [-0.39, 0.29) is 16.9 Å². The molecule has 88 valence electrons. The van der Waals surface area contributed by atoms with Crippen LogP contribution in [-0.4, -0.2) is 16.9 Å². The Morgan fingerprint density at radius 2 is 2.18 bits per heavy atom. The van der Waals surface area contributed by atoms with Gasteiger partial charge in [-0.2, -0.15) is 0 Å². The summed E-state index contributed by atoms with van der Waals surface area (Å²) in [5.74, 6) is -0.136. The maximum Gasteiger partial charge on any atom is 0.253 e. The number of carbonyl (C=O) groups is 1. The van der Waals surface area contributed by atoms with Crippen LogP contribution in [0, 0.1) is 0 Å². The lowest BCUT2D eigenvalue weighted by Gasteiger charge is -2.11. The summed E-state index contributed by atoms with van der Waals surface area (Å²) >= 11 is 6.38. The number of thiocarbonyl (C=S) groups is 1. The van der Waals surface area contributed by atoms with Crippen LogP contribution < -0.4 is 11.1 Å². The molecule has 3 N–H and O–H groups in total. The van der Waals surface area contributed by atoms with E-state index in [9.17, 15) is 4.79 Å². The fraction of sp³-hybridized carbons (Fsp3) is 0.167. The molecule has 1 unspecified atom stereocenters. The lowest BCUT2D eigenvalue weighted by atomic mass is 10.1. The molecule has 0 bridgehead atoms. The van der Waals surface area contributed by atoms with Crippen molar-refractivity contribution in [1.82, 2.24) is 5.32 Å². The maximum absolute atomic E-state index is 12.0. The fourth-order valence-corrected chi connectivity index (χ4v) is 2.50. The number of thiophene rings is 1. The SMILES string of the molecule is CC(NC(=O)c1csc2ccccc12)C(N)=S. The van der Waals surface area contributed by atoms with Crippen LogP contribution in [0.5, 0.6) is 0 Å². The Hall–Kier alpha value is -1.46. The van der Waals surface area contributed by atoms with E-state index in [1.165, 1.54) is 0 Å². The summed E-state index contributed by atoms with van der Waals surface area (Å²) < 4.78 is 1.10. The summed E-state index contributed by atoms with van der Waals surface area (Å²) in [6.07, 6.45) is 0. The molecular weight excluding hydrogens is 252 g/mol. The molecule has 0 saturated heterocycles. The molecule has 0 spiro atoms. The zero-order valence-electron chi connectivity index (χ0n) is 9.27. The van der Waals surface area contributed by atoms with Gasteiger partial charge in [0.15, 0.2) is 0 Å². The van der Waals surface area contributed by atoms with Crippen molar-refractivity contribution in [3.63, 3.8) is 0 Å². The Morgan fingerprint density at radius 3 is 2.88 bits per heavy atom. The van der Waals surface area contributed by atoms with E-state index >= 15 is 0 Å². The number of nitrogens with one attached hydrogen (secondary N) is 1. The Morgan fingerprint density at radius 1 is 1.47 bits per heavy atom. The number of hydrogen-bond acceptors (Lipinski definition) is 3. The summed E-state index contributed by atoms with van der Waals surface area (Å²) in [4.78, 5) is 12.3. The Balaban J connectivity index is 2.28. The Kier molecular flexibility index (Phi) is 3.40. The minimum absolute atomic E-state index is 0.136. The minimum Gasteiger partial charge on any atom is -0.392 e. The fourth-order valence-electron chi connectivity index (χ4n) is 1.50. The second-order valence-electron chi connectivity index (χ2n) is 3.74. The minimum atomic E-state index is -0.295. The van der Waals surface area contributed by atoms with E-state index < -0.39 is 0 Å². The highest BCUT2D eigenvalue weighted by Crippen LogP contribution is 2.25. The molecule has 2 rings (SSSR count). The third-order valence-corrected chi connectivity index (χ3v) is 3.82. The normalized spacial score (nSPS) is 12.3. The average Bonchev–Trinajstić information content (AvgIpc) is 2.72. The van der Waals surface area contributed by atoms with E-state index in [2.05, 4.69) is 5.32 Å². The highest BCUT2D eigenvalue weighted by atomic mass is 32.1. The van der Waals surface area contributed by atoms with Crippen molar-refractivity contribution in [1.29, 1.82) is 0 Å². The first kappa shape index (κ1) is 12.0. The van der Waals surface area contributed by atoms with Crippen LogP contribution in [0.25, 0.3) is 10.1 Å². The molecule has 0 saturated carbocycles. The monoisotopic (exact) mass is 264 g/mol. The first-order chi connectivity index (χ1) is 8.09. The molecule has 0 aliphatic carbocycles. The van der Waals surface area contributed by atoms with Gasteiger partial charge in [-0.15, -0.1) is 11.3 Å². The molecule has 5 heteroatoms. The van der Waals surface area contributed by atoms with Crippen molar-refractivity contribution in [3.05, 3.63) is 35.2 Å². The van der Waals surface area contributed by atoms with Gasteiger partial charge in [-0.1, -0.05) is 30.4 Å². The molecular formula is C12H12N2OS2. The quantitative estimate of drug-likeness (QED) is 0.836. The second kappa shape index (κ2) is 4.81. The highest BCUT2D eigenvalue weighted by molar-refractivity contribution is 7.80. The van der Waals surface area contributed by atoms with Crippen LogP contribution >= 0.6 is 23.6 Å². The number of benzene rings is 1. The molecule has 1 aromatic heterocycles. The van der Waals surface area contributed by atoms with E-state index in [1.54, 1.807) is 18.3 Å². The number of amides is 1. The Labute approximate surface area is 109 Å². The molecule has 17 heavy (non-hydrogen) atoms. The molecule has 1 amide bonds. The largest absolute Gasteiger partial charge is 0.392 e. The van der Waals surface area contributed by atoms with Crippen molar-refractivity contribution < 1.29 is 4.79 Å². The zero-order chi connectivity index (χ0) is 12.4. The van der Waals surface area contributed by atoms with Gasteiger partial charge in [0.1, 0.15) is 0 Å². The zero-order valence-corrected chi connectivity index (χ0v) is 10.9. The molecule has 0 radical (unpaired) electrons.